The summed E-state index contributed by atoms with van der Waals surface area (Å²) in [6.07, 6.45) is 2.11. The van der Waals surface area contributed by atoms with E-state index in [9.17, 15) is 0 Å². The van der Waals surface area contributed by atoms with Gasteiger partial charge in [-0.2, -0.15) is 0 Å². The molecule has 0 aromatic heterocycles. The molecule has 9 heavy (non-hydrogen) atoms. The van der Waals surface area contributed by atoms with Crippen LogP contribution in [0, 0.1) is 0 Å². The lowest BCUT2D eigenvalue weighted by Crippen LogP contribution is -2.26. The molecule has 3 aliphatic rings. The van der Waals surface area contributed by atoms with Crippen LogP contribution < -0.4 is 0 Å². The Hall–Kier alpha value is -0.120. The summed E-state index contributed by atoms with van der Waals surface area (Å²) >= 11 is 0. The minimum absolute atomic E-state index is 0.0544. The molecular formula is C6H8O3. The number of fused-ring (bicyclic) bond motifs is 4. The van der Waals surface area contributed by atoms with Crippen LogP contribution in [0.25, 0.3) is 0 Å². The van der Waals surface area contributed by atoms with Crippen LogP contribution in [-0.2, 0) is 14.2 Å². The van der Waals surface area contributed by atoms with Gasteiger partial charge in [0.15, 0.2) is 6.29 Å². The zero-order chi connectivity index (χ0) is 5.84. The van der Waals surface area contributed by atoms with Gasteiger partial charge in [0.05, 0.1) is 12.7 Å². The molecule has 3 nitrogen and oxygen atoms in total. The van der Waals surface area contributed by atoms with Gasteiger partial charge in [0, 0.05) is 6.42 Å². The lowest BCUT2D eigenvalue weighted by molar-refractivity contribution is -0.0725. The van der Waals surface area contributed by atoms with Gasteiger partial charge in [0.1, 0.15) is 12.2 Å². The van der Waals surface area contributed by atoms with E-state index in [1.807, 2.05) is 0 Å². The van der Waals surface area contributed by atoms with Crippen LogP contribution in [0.2, 0.25) is 0 Å². The van der Waals surface area contributed by atoms with Crippen LogP contribution >= 0.6 is 0 Å². The summed E-state index contributed by atoms with van der Waals surface area (Å²) in [4.78, 5) is 0. The minimum atomic E-state index is 0.0544. The molecule has 0 amide bonds. The third kappa shape index (κ3) is 0.520. The zero-order valence-electron chi connectivity index (χ0n) is 4.95. The van der Waals surface area contributed by atoms with Crippen LogP contribution in [0.3, 0.4) is 0 Å². The fraction of sp³-hybridized carbons (Fsp3) is 1.00. The summed E-state index contributed by atoms with van der Waals surface area (Å²) in [7, 11) is 0. The van der Waals surface area contributed by atoms with Crippen molar-refractivity contribution in [3.63, 3.8) is 0 Å². The Balaban J connectivity index is 1.90. The third-order valence-electron chi connectivity index (χ3n) is 2.19. The Morgan fingerprint density at radius 1 is 1.11 bits per heavy atom. The van der Waals surface area contributed by atoms with E-state index >= 15 is 0 Å². The van der Waals surface area contributed by atoms with Crippen molar-refractivity contribution < 1.29 is 14.2 Å². The number of ether oxygens (including phenoxy) is 3. The van der Waals surface area contributed by atoms with Crippen molar-refractivity contribution in [3.05, 3.63) is 0 Å². The van der Waals surface area contributed by atoms with Crippen molar-refractivity contribution in [2.45, 2.75) is 31.0 Å². The highest BCUT2D eigenvalue weighted by atomic mass is 16.8. The van der Waals surface area contributed by atoms with E-state index in [4.69, 9.17) is 14.2 Å². The van der Waals surface area contributed by atoms with Gasteiger partial charge >= 0.3 is 0 Å². The van der Waals surface area contributed by atoms with Crippen LogP contribution in [0.4, 0.5) is 0 Å². The van der Waals surface area contributed by atoms with E-state index in [1.165, 1.54) is 0 Å². The van der Waals surface area contributed by atoms with E-state index in [1.54, 1.807) is 0 Å². The normalized spacial score (nSPS) is 61.3. The van der Waals surface area contributed by atoms with E-state index in [2.05, 4.69) is 0 Å². The molecule has 50 valence electrons. The summed E-state index contributed by atoms with van der Waals surface area (Å²) in [5.74, 6) is 0. The second-order valence-corrected chi connectivity index (χ2v) is 2.81. The Bertz CT molecular complexity index is 145. The molecule has 0 aromatic rings. The molecule has 0 aliphatic carbocycles. The highest BCUT2D eigenvalue weighted by Gasteiger charge is 2.55. The van der Waals surface area contributed by atoms with E-state index in [0.717, 1.165) is 13.0 Å². The molecular weight excluding hydrogens is 120 g/mol. The predicted octanol–water partition coefficient (Wildman–Crippen LogP) is -0.101. The van der Waals surface area contributed by atoms with Crippen LogP contribution in [0.1, 0.15) is 6.42 Å². The second kappa shape index (κ2) is 1.31. The summed E-state index contributed by atoms with van der Waals surface area (Å²) in [6, 6.07) is 0. The molecule has 4 atom stereocenters. The molecule has 3 heteroatoms. The molecule has 0 N–H and O–H groups in total. The van der Waals surface area contributed by atoms with Gasteiger partial charge in [-0.1, -0.05) is 0 Å². The molecule has 0 aromatic carbocycles. The minimum Gasteiger partial charge on any atom is -0.366 e. The fourth-order valence-corrected chi connectivity index (χ4v) is 1.63. The molecule has 3 rings (SSSR count). The van der Waals surface area contributed by atoms with Crippen LogP contribution in [0.15, 0.2) is 0 Å². The Morgan fingerprint density at radius 2 is 2.11 bits per heavy atom. The summed E-state index contributed by atoms with van der Waals surface area (Å²) in [5, 5.41) is 0. The highest BCUT2D eigenvalue weighted by Crippen LogP contribution is 2.40. The van der Waals surface area contributed by atoms with Crippen molar-refractivity contribution in [1.82, 2.24) is 0 Å². The quantitative estimate of drug-likeness (QED) is 0.427. The Labute approximate surface area is 52.9 Å². The standard InChI is InChI=1S/C6H8O3/c1-3-6(9-3)4-2-7-5(1)8-4/h3-6H,1-2H2/t3-,4-,5-,6-/m1/s1. The fourth-order valence-electron chi connectivity index (χ4n) is 1.63. The topological polar surface area (TPSA) is 31.0 Å². The summed E-state index contributed by atoms with van der Waals surface area (Å²) in [5.41, 5.74) is 0. The first kappa shape index (κ1) is 4.66. The molecule has 3 heterocycles. The monoisotopic (exact) mass is 128 g/mol. The molecule has 0 radical (unpaired) electrons. The van der Waals surface area contributed by atoms with E-state index in [0.29, 0.717) is 12.2 Å². The number of hydrogen-bond donors (Lipinski definition) is 0. The average Bonchev–Trinajstić information content (AvgIpc) is 2.50. The first-order valence-electron chi connectivity index (χ1n) is 3.36. The van der Waals surface area contributed by atoms with Crippen molar-refractivity contribution in [1.29, 1.82) is 0 Å². The SMILES string of the molecule is C1O[C@H]2C[C@H]3O[C@H]3[C@@H]1O2. The Morgan fingerprint density at radius 3 is 3.11 bits per heavy atom. The molecule has 3 saturated heterocycles. The molecule has 0 unspecified atom stereocenters. The average molecular weight is 128 g/mol. The molecule has 3 fully saturated rings. The first-order valence-corrected chi connectivity index (χ1v) is 3.36. The summed E-state index contributed by atoms with van der Waals surface area (Å²) in [6.45, 7) is 0.742. The number of epoxide rings is 1. The van der Waals surface area contributed by atoms with Gasteiger partial charge in [-0.05, 0) is 0 Å². The molecule has 3 aliphatic heterocycles. The smallest absolute Gasteiger partial charge is 0.160 e. The van der Waals surface area contributed by atoms with Gasteiger partial charge in [0.25, 0.3) is 0 Å². The summed E-state index contributed by atoms with van der Waals surface area (Å²) < 4.78 is 16.0. The van der Waals surface area contributed by atoms with Crippen molar-refractivity contribution in [2.24, 2.45) is 0 Å². The lowest BCUT2D eigenvalue weighted by Gasteiger charge is -2.12. The van der Waals surface area contributed by atoms with Gasteiger partial charge in [0.2, 0.25) is 0 Å². The lowest BCUT2D eigenvalue weighted by atomic mass is 10.1. The zero-order valence-corrected chi connectivity index (χ0v) is 4.95. The maximum absolute atomic E-state index is 5.40. The Kier molecular flexibility index (Phi) is 0.678. The maximum Gasteiger partial charge on any atom is 0.160 e. The molecule has 0 spiro atoms. The maximum atomic E-state index is 5.40. The van der Waals surface area contributed by atoms with Crippen molar-refractivity contribution in [3.8, 4) is 0 Å². The first-order chi connectivity index (χ1) is 4.43. The van der Waals surface area contributed by atoms with Crippen molar-refractivity contribution >= 4 is 0 Å². The van der Waals surface area contributed by atoms with E-state index in [-0.39, 0.29) is 12.4 Å². The highest BCUT2D eigenvalue weighted by molar-refractivity contribution is 4.98. The predicted molar refractivity (Wildman–Crippen MR) is 27.9 cm³/mol. The molecule has 2 bridgehead atoms. The third-order valence-corrected chi connectivity index (χ3v) is 2.19. The van der Waals surface area contributed by atoms with Gasteiger partial charge in [-0.15, -0.1) is 0 Å². The van der Waals surface area contributed by atoms with Gasteiger partial charge in [-0.3, -0.25) is 0 Å². The van der Waals surface area contributed by atoms with Gasteiger partial charge in [-0.25, -0.2) is 0 Å². The molecule has 0 saturated carbocycles. The number of hydrogen-bond acceptors (Lipinski definition) is 3. The van der Waals surface area contributed by atoms with Gasteiger partial charge < -0.3 is 14.2 Å². The largest absolute Gasteiger partial charge is 0.366 e. The van der Waals surface area contributed by atoms with Crippen molar-refractivity contribution in [2.75, 3.05) is 6.61 Å². The second-order valence-electron chi connectivity index (χ2n) is 2.81. The van der Waals surface area contributed by atoms with E-state index < -0.39 is 0 Å². The van der Waals surface area contributed by atoms with Crippen LogP contribution in [0.5, 0.6) is 0 Å². The van der Waals surface area contributed by atoms with Crippen LogP contribution in [-0.4, -0.2) is 31.2 Å². The number of rotatable bonds is 0.